The van der Waals surface area contributed by atoms with Crippen LogP contribution in [0, 0.1) is 0 Å². The number of hydrogen-bond donors (Lipinski definition) is 1. The molecule has 0 aliphatic heterocycles. The van der Waals surface area contributed by atoms with E-state index in [-0.39, 0.29) is 0 Å². The molecule has 0 aromatic carbocycles. The lowest BCUT2D eigenvalue weighted by molar-refractivity contribution is 1.02. The van der Waals surface area contributed by atoms with Crippen molar-refractivity contribution in [3.63, 3.8) is 0 Å². The highest BCUT2D eigenvalue weighted by Crippen LogP contribution is 2.29. The fraction of sp³-hybridized carbons (Fsp3) is 0.286. The average molecular weight is 257 g/mol. The highest BCUT2D eigenvalue weighted by Gasteiger charge is 2.10. The second-order valence-electron chi connectivity index (χ2n) is 4.49. The normalized spacial score (nSPS) is 13.7. The standard InChI is InChI=1S/C14H15N3S/c1-10(8-11-2-3-11)4-6-15-14-13-12(5-7-18-13)16-9-17-14/h5,7-9H,1-4,6H2,(H,15,16,17). The van der Waals surface area contributed by atoms with Gasteiger partial charge in [0.15, 0.2) is 0 Å². The van der Waals surface area contributed by atoms with Crippen molar-refractivity contribution in [2.45, 2.75) is 19.3 Å². The van der Waals surface area contributed by atoms with Gasteiger partial charge in [-0.3, -0.25) is 0 Å². The van der Waals surface area contributed by atoms with Gasteiger partial charge in [0.1, 0.15) is 12.1 Å². The van der Waals surface area contributed by atoms with E-state index < -0.39 is 0 Å². The van der Waals surface area contributed by atoms with Crippen molar-refractivity contribution >= 4 is 27.4 Å². The van der Waals surface area contributed by atoms with Crippen LogP contribution in [-0.4, -0.2) is 16.5 Å². The number of hydrogen-bond acceptors (Lipinski definition) is 4. The summed E-state index contributed by atoms with van der Waals surface area (Å²) in [6, 6.07) is 2.02. The lowest BCUT2D eigenvalue weighted by atomic mass is 10.2. The largest absolute Gasteiger partial charge is 0.368 e. The number of nitrogens with zero attached hydrogens (tertiary/aromatic N) is 2. The van der Waals surface area contributed by atoms with Gasteiger partial charge in [0.2, 0.25) is 0 Å². The summed E-state index contributed by atoms with van der Waals surface area (Å²) in [6.45, 7) is 4.94. The Balaban J connectivity index is 1.61. The number of allylic oxidation sites excluding steroid dienone is 2. The van der Waals surface area contributed by atoms with Crippen LogP contribution in [0.2, 0.25) is 0 Å². The van der Waals surface area contributed by atoms with E-state index in [1.165, 1.54) is 24.0 Å². The Labute approximate surface area is 110 Å². The summed E-state index contributed by atoms with van der Waals surface area (Å²) < 4.78 is 1.13. The van der Waals surface area contributed by atoms with Crippen LogP contribution in [0.25, 0.3) is 10.2 Å². The number of aromatic nitrogens is 2. The molecule has 0 spiro atoms. The molecule has 2 heterocycles. The average Bonchev–Trinajstić information content (AvgIpc) is 3.04. The summed E-state index contributed by atoms with van der Waals surface area (Å²) in [5.74, 6) is 0.932. The fourth-order valence-corrected chi connectivity index (χ4v) is 2.64. The van der Waals surface area contributed by atoms with Crippen LogP contribution in [0.5, 0.6) is 0 Å². The molecule has 0 unspecified atom stereocenters. The number of thiophene rings is 1. The quantitative estimate of drug-likeness (QED) is 0.886. The highest BCUT2D eigenvalue weighted by molar-refractivity contribution is 7.17. The SMILES string of the molecule is C=C(C=C1CC1)CCNc1ncnc2ccsc12. The zero-order valence-electron chi connectivity index (χ0n) is 10.1. The zero-order chi connectivity index (χ0) is 12.4. The summed E-state index contributed by atoms with van der Waals surface area (Å²) in [6.07, 6.45) is 7.31. The van der Waals surface area contributed by atoms with E-state index in [2.05, 4.69) is 27.9 Å². The topological polar surface area (TPSA) is 37.8 Å². The first-order chi connectivity index (χ1) is 8.83. The van der Waals surface area contributed by atoms with Gasteiger partial charge in [-0.05, 0) is 30.7 Å². The summed E-state index contributed by atoms with van der Waals surface area (Å²) in [5.41, 5.74) is 3.74. The van der Waals surface area contributed by atoms with Crippen LogP contribution in [0.15, 0.2) is 41.6 Å². The molecule has 1 saturated carbocycles. The fourth-order valence-electron chi connectivity index (χ4n) is 1.83. The minimum Gasteiger partial charge on any atom is -0.368 e. The first-order valence-electron chi connectivity index (χ1n) is 6.12. The van der Waals surface area contributed by atoms with Crippen molar-refractivity contribution in [2.24, 2.45) is 0 Å². The van der Waals surface area contributed by atoms with Gasteiger partial charge >= 0.3 is 0 Å². The van der Waals surface area contributed by atoms with Gasteiger partial charge < -0.3 is 5.32 Å². The number of fused-ring (bicyclic) bond motifs is 1. The van der Waals surface area contributed by atoms with Crippen LogP contribution in [0.3, 0.4) is 0 Å². The molecule has 18 heavy (non-hydrogen) atoms. The number of rotatable bonds is 5. The van der Waals surface area contributed by atoms with Crippen LogP contribution >= 0.6 is 11.3 Å². The first-order valence-corrected chi connectivity index (χ1v) is 7.00. The molecule has 1 fully saturated rings. The second kappa shape index (κ2) is 4.90. The summed E-state index contributed by atoms with van der Waals surface area (Å²) >= 11 is 1.67. The summed E-state index contributed by atoms with van der Waals surface area (Å²) in [7, 11) is 0. The maximum absolute atomic E-state index is 4.29. The molecular formula is C14H15N3S. The monoisotopic (exact) mass is 257 g/mol. The molecule has 3 nitrogen and oxygen atoms in total. The smallest absolute Gasteiger partial charge is 0.147 e. The molecule has 4 heteroatoms. The highest BCUT2D eigenvalue weighted by atomic mass is 32.1. The van der Waals surface area contributed by atoms with E-state index in [1.807, 2.05) is 11.4 Å². The van der Waals surface area contributed by atoms with Gasteiger partial charge in [0.25, 0.3) is 0 Å². The number of nitrogens with one attached hydrogen (secondary N) is 1. The lowest BCUT2D eigenvalue weighted by Crippen LogP contribution is -2.04. The Bertz CT molecular complexity index is 606. The van der Waals surface area contributed by atoms with E-state index in [1.54, 1.807) is 17.7 Å². The molecule has 0 saturated heterocycles. The van der Waals surface area contributed by atoms with Gasteiger partial charge in [-0.15, -0.1) is 11.3 Å². The van der Waals surface area contributed by atoms with E-state index in [4.69, 9.17) is 0 Å². The Kier molecular flexibility index (Phi) is 3.11. The molecule has 2 aromatic heterocycles. The summed E-state index contributed by atoms with van der Waals surface area (Å²) in [4.78, 5) is 8.52. The van der Waals surface area contributed by atoms with Crippen LogP contribution in [0.1, 0.15) is 19.3 Å². The van der Waals surface area contributed by atoms with E-state index in [9.17, 15) is 0 Å². The molecule has 0 atom stereocenters. The molecule has 2 aromatic rings. The van der Waals surface area contributed by atoms with Crippen LogP contribution in [0.4, 0.5) is 5.82 Å². The van der Waals surface area contributed by atoms with E-state index in [0.29, 0.717) is 0 Å². The van der Waals surface area contributed by atoms with Crippen molar-refractivity contribution in [2.75, 3.05) is 11.9 Å². The van der Waals surface area contributed by atoms with Gasteiger partial charge in [-0.25, -0.2) is 9.97 Å². The van der Waals surface area contributed by atoms with E-state index in [0.717, 1.165) is 29.0 Å². The van der Waals surface area contributed by atoms with Gasteiger partial charge in [0.05, 0.1) is 10.2 Å². The molecule has 3 rings (SSSR count). The molecule has 92 valence electrons. The molecule has 1 aliphatic rings. The minimum atomic E-state index is 0.868. The van der Waals surface area contributed by atoms with Crippen molar-refractivity contribution in [3.05, 3.63) is 41.6 Å². The van der Waals surface area contributed by atoms with Gasteiger partial charge in [-0.1, -0.05) is 23.8 Å². The second-order valence-corrected chi connectivity index (χ2v) is 5.41. The molecule has 1 aliphatic carbocycles. The third kappa shape index (κ3) is 2.59. The van der Waals surface area contributed by atoms with Crippen molar-refractivity contribution in [3.8, 4) is 0 Å². The third-order valence-corrected chi connectivity index (χ3v) is 3.84. The van der Waals surface area contributed by atoms with Crippen molar-refractivity contribution in [1.82, 2.24) is 9.97 Å². The Morgan fingerprint density at radius 3 is 3.17 bits per heavy atom. The van der Waals surface area contributed by atoms with E-state index >= 15 is 0 Å². The Morgan fingerprint density at radius 2 is 2.33 bits per heavy atom. The zero-order valence-corrected chi connectivity index (χ0v) is 11.0. The molecule has 0 bridgehead atoms. The molecule has 1 N–H and O–H groups in total. The van der Waals surface area contributed by atoms with Gasteiger partial charge in [0, 0.05) is 6.54 Å². The van der Waals surface area contributed by atoms with Crippen molar-refractivity contribution < 1.29 is 0 Å². The molecule has 0 radical (unpaired) electrons. The maximum atomic E-state index is 4.29. The Hall–Kier alpha value is -1.68. The minimum absolute atomic E-state index is 0.868. The third-order valence-electron chi connectivity index (χ3n) is 2.93. The lowest BCUT2D eigenvalue weighted by Gasteiger charge is -2.05. The molecular weight excluding hydrogens is 242 g/mol. The predicted octanol–water partition coefficient (Wildman–Crippen LogP) is 3.77. The molecule has 0 amide bonds. The predicted molar refractivity (Wildman–Crippen MR) is 77.0 cm³/mol. The maximum Gasteiger partial charge on any atom is 0.147 e. The van der Waals surface area contributed by atoms with Gasteiger partial charge in [-0.2, -0.15) is 0 Å². The van der Waals surface area contributed by atoms with Crippen LogP contribution in [-0.2, 0) is 0 Å². The number of anilines is 1. The Morgan fingerprint density at radius 1 is 1.44 bits per heavy atom. The van der Waals surface area contributed by atoms with Crippen molar-refractivity contribution in [1.29, 1.82) is 0 Å². The summed E-state index contributed by atoms with van der Waals surface area (Å²) in [5, 5.41) is 5.41. The first kappa shape index (κ1) is 11.4. The van der Waals surface area contributed by atoms with Crippen LogP contribution < -0.4 is 5.32 Å².